The summed E-state index contributed by atoms with van der Waals surface area (Å²) in [4.78, 5) is 26.1. The molecular weight excluding hydrogens is 402 g/mol. The van der Waals surface area contributed by atoms with E-state index in [0.717, 1.165) is 5.56 Å². The molecule has 0 unspecified atom stereocenters. The predicted octanol–water partition coefficient (Wildman–Crippen LogP) is 3.79. The van der Waals surface area contributed by atoms with Crippen LogP contribution in [0.25, 0.3) is 11.3 Å². The van der Waals surface area contributed by atoms with Gasteiger partial charge in [-0.25, -0.2) is 0 Å². The van der Waals surface area contributed by atoms with Gasteiger partial charge in [0.2, 0.25) is 0 Å². The molecule has 152 valence electrons. The monoisotopic (exact) mass is 421 g/mol. The first-order valence-corrected chi connectivity index (χ1v) is 9.56. The van der Waals surface area contributed by atoms with Crippen molar-refractivity contribution in [3.8, 4) is 23.1 Å². The lowest BCUT2D eigenvalue weighted by atomic mass is 10.1. The van der Waals surface area contributed by atoms with E-state index in [1.54, 1.807) is 63.5 Å². The molecule has 0 aliphatic heterocycles. The molecule has 3 rings (SSSR count). The maximum absolute atomic E-state index is 12.7. The van der Waals surface area contributed by atoms with Gasteiger partial charge in [0.05, 0.1) is 11.6 Å². The van der Waals surface area contributed by atoms with Gasteiger partial charge in [-0.15, -0.1) is 0 Å². The second kappa shape index (κ2) is 9.29. The van der Waals surface area contributed by atoms with Crippen LogP contribution in [0.5, 0.6) is 0 Å². The third-order valence-corrected chi connectivity index (χ3v) is 4.66. The van der Waals surface area contributed by atoms with E-state index in [1.807, 2.05) is 6.07 Å². The highest BCUT2D eigenvalue weighted by atomic mass is 35.5. The smallest absolute Gasteiger partial charge is 0.257 e. The number of hydrogen-bond donors (Lipinski definition) is 1. The molecule has 1 heterocycles. The van der Waals surface area contributed by atoms with Crippen LogP contribution in [0.4, 0.5) is 0 Å². The summed E-state index contributed by atoms with van der Waals surface area (Å²) in [5.41, 5.74) is 2.69. The fourth-order valence-electron chi connectivity index (χ4n) is 2.79. The quantitative estimate of drug-likeness (QED) is 0.650. The Morgan fingerprint density at radius 2 is 1.83 bits per heavy atom. The molecule has 7 heteroatoms. The summed E-state index contributed by atoms with van der Waals surface area (Å²) >= 11 is 6.23. The molecule has 2 aromatic carbocycles. The summed E-state index contributed by atoms with van der Waals surface area (Å²) in [5, 5.41) is 7.23. The van der Waals surface area contributed by atoms with Gasteiger partial charge in [-0.2, -0.15) is 0 Å². The van der Waals surface area contributed by atoms with E-state index in [-0.39, 0.29) is 18.4 Å². The molecule has 0 atom stereocenters. The van der Waals surface area contributed by atoms with E-state index in [2.05, 4.69) is 22.3 Å². The normalized spacial score (nSPS) is 10.1. The number of nitrogens with one attached hydrogen (secondary N) is 1. The van der Waals surface area contributed by atoms with Crippen LogP contribution in [-0.2, 0) is 0 Å². The SMILES string of the molecule is Cc1onc(-c2ccccc2Cl)c1C(=O)NCC#Cc1ccc(C(=O)N(C)C)cc1. The molecule has 2 amide bonds. The van der Waals surface area contributed by atoms with E-state index in [4.69, 9.17) is 16.1 Å². The van der Waals surface area contributed by atoms with E-state index < -0.39 is 0 Å². The summed E-state index contributed by atoms with van der Waals surface area (Å²) in [6.07, 6.45) is 0. The topological polar surface area (TPSA) is 75.4 Å². The van der Waals surface area contributed by atoms with Crippen molar-refractivity contribution in [2.45, 2.75) is 6.92 Å². The first-order chi connectivity index (χ1) is 14.4. The Labute approximate surface area is 179 Å². The molecule has 0 aliphatic rings. The van der Waals surface area contributed by atoms with Gasteiger partial charge in [-0.3, -0.25) is 9.59 Å². The average Bonchev–Trinajstić information content (AvgIpc) is 3.12. The van der Waals surface area contributed by atoms with Gasteiger partial charge in [-0.1, -0.05) is 46.8 Å². The fraction of sp³-hybridized carbons (Fsp3) is 0.174. The highest BCUT2D eigenvalue weighted by molar-refractivity contribution is 6.33. The van der Waals surface area contributed by atoms with Gasteiger partial charge in [0.25, 0.3) is 11.8 Å². The molecule has 0 saturated carbocycles. The van der Waals surface area contributed by atoms with Crippen LogP contribution in [0.15, 0.2) is 53.1 Å². The van der Waals surface area contributed by atoms with Crippen molar-refractivity contribution in [1.82, 2.24) is 15.4 Å². The summed E-state index contributed by atoms with van der Waals surface area (Å²) in [5.74, 6) is 5.85. The number of aromatic nitrogens is 1. The van der Waals surface area contributed by atoms with Crippen LogP contribution in [-0.4, -0.2) is 42.5 Å². The molecule has 0 fully saturated rings. The number of benzene rings is 2. The molecular formula is C23H20ClN3O3. The van der Waals surface area contributed by atoms with Crippen molar-refractivity contribution in [1.29, 1.82) is 0 Å². The van der Waals surface area contributed by atoms with Gasteiger partial charge >= 0.3 is 0 Å². The minimum atomic E-state index is -0.343. The molecule has 0 radical (unpaired) electrons. The number of hydrogen-bond acceptors (Lipinski definition) is 4. The first kappa shape index (κ1) is 21.2. The minimum Gasteiger partial charge on any atom is -0.360 e. The Morgan fingerprint density at radius 1 is 1.13 bits per heavy atom. The molecule has 0 spiro atoms. The van der Waals surface area contributed by atoms with Crippen LogP contribution in [0.2, 0.25) is 5.02 Å². The fourth-order valence-corrected chi connectivity index (χ4v) is 3.02. The van der Waals surface area contributed by atoms with E-state index in [1.165, 1.54) is 4.90 Å². The van der Waals surface area contributed by atoms with Crippen LogP contribution in [0, 0.1) is 18.8 Å². The number of nitrogens with zero attached hydrogens (tertiary/aromatic N) is 2. The molecule has 0 aliphatic carbocycles. The maximum atomic E-state index is 12.7. The maximum Gasteiger partial charge on any atom is 0.257 e. The molecule has 0 saturated heterocycles. The lowest BCUT2D eigenvalue weighted by Gasteiger charge is -2.09. The largest absolute Gasteiger partial charge is 0.360 e. The summed E-state index contributed by atoms with van der Waals surface area (Å²) in [6.45, 7) is 1.81. The average molecular weight is 422 g/mol. The van der Waals surface area contributed by atoms with Crippen molar-refractivity contribution >= 4 is 23.4 Å². The zero-order chi connectivity index (χ0) is 21.7. The van der Waals surface area contributed by atoms with Gasteiger partial charge in [0.1, 0.15) is 17.0 Å². The van der Waals surface area contributed by atoms with Crippen LogP contribution < -0.4 is 5.32 Å². The van der Waals surface area contributed by atoms with Gasteiger partial charge < -0.3 is 14.7 Å². The summed E-state index contributed by atoms with van der Waals surface area (Å²) in [6, 6.07) is 14.1. The number of carbonyl (C=O) groups excluding carboxylic acids is 2. The van der Waals surface area contributed by atoms with Crippen LogP contribution >= 0.6 is 11.6 Å². The first-order valence-electron chi connectivity index (χ1n) is 9.18. The Kier molecular flexibility index (Phi) is 6.55. The Bertz CT molecular complexity index is 1140. The van der Waals surface area contributed by atoms with E-state index >= 15 is 0 Å². The van der Waals surface area contributed by atoms with Crippen molar-refractivity contribution in [3.63, 3.8) is 0 Å². The van der Waals surface area contributed by atoms with Crippen molar-refractivity contribution in [2.24, 2.45) is 0 Å². The Balaban J connectivity index is 1.68. The van der Waals surface area contributed by atoms with Gasteiger partial charge in [0, 0.05) is 30.8 Å². The number of amides is 2. The highest BCUT2D eigenvalue weighted by Gasteiger charge is 2.22. The second-order valence-electron chi connectivity index (χ2n) is 6.70. The molecule has 3 aromatic rings. The van der Waals surface area contributed by atoms with Crippen molar-refractivity contribution in [3.05, 3.63) is 76.0 Å². The Hall–Kier alpha value is -3.56. The molecule has 1 N–H and O–H groups in total. The Morgan fingerprint density at radius 3 is 2.50 bits per heavy atom. The predicted molar refractivity (Wildman–Crippen MR) is 115 cm³/mol. The van der Waals surface area contributed by atoms with Crippen molar-refractivity contribution in [2.75, 3.05) is 20.6 Å². The van der Waals surface area contributed by atoms with Crippen LogP contribution in [0.1, 0.15) is 32.0 Å². The zero-order valence-corrected chi connectivity index (χ0v) is 17.6. The number of aryl methyl sites for hydroxylation is 1. The number of rotatable bonds is 4. The highest BCUT2D eigenvalue weighted by Crippen LogP contribution is 2.30. The lowest BCUT2D eigenvalue weighted by molar-refractivity contribution is 0.0827. The zero-order valence-electron chi connectivity index (χ0n) is 16.8. The lowest BCUT2D eigenvalue weighted by Crippen LogP contribution is -2.24. The third kappa shape index (κ3) is 4.70. The van der Waals surface area contributed by atoms with Gasteiger partial charge in [-0.05, 0) is 37.3 Å². The molecule has 6 nitrogen and oxygen atoms in total. The van der Waals surface area contributed by atoms with E-state index in [9.17, 15) is 9.59 Å². The second-order valence-corrected chi connectivity index (χ2v) is 7.11. The van der Waals surface area contributed by atoms with Gasteiger partial charge in [0.15, 0.2) is 0 Å². The molecule has 30 heavy (non-hydrogen) atoms. The van der Waals surface area contributed by atoms with Crippen molar-refractivity contribution < 1.29 is 14.1 Å². The van der Waals surface area contributed by atoms with Crippen LogP contribution in [0.3, 0.4) is 0 Å². The number of halogens is 1. The minimum absolute atomic E-state index is 0.0693. The third-order valence-electron chi connectivity index (χ3n) is 4.33. The summed E-state index contributed by atoms with van der Waals surface area (Å²) in [7, 11) is 3.40. The molecule has 1 aromatic heterocycles. The van der Waals surface area contributed by atoms with E-state index in [0.29, 0.717) is 33.2 Å². The number of carbonyl (C=O) groups is 2. The molecule has 0 bridgehead atoms. The summed E-state index contributed by atoms with van der Waals surface area (Å²) < 4.78 is 5.21. The standard InChI is InChI=1S/C23H20ClN3O3/c1-15-20(21(26-30-15)18-8-4-5-9-19(18)24)22(28)25-14-6-7-16-10-12-17(13-11-16)23(29)27(2)3/h4-5,8-13H,14H2,1-3H3,(H,25,28).